The second-order valence-corrected chi connectivity index (χ2v) is 11.0. The molecule has 0 aromatic heterocycles. The number of cyclic esters (lactones) is 1. The van der Waals surface area contributed by atoms with Crippen LogP contribution in [0.3, 0.4) is 0 Å². The molecule has 0 saturated carbocycles. The summed E-state index contributed by atoms with van der Waals surface area (Å²) in [7, 11) is 0. The highest BCUT2D eigenvalue weighted by Gasteiger charge is 2.41. The summed E-state index contributed by atoms with van der Waals surface area (Å²) in [5, 5.41) is 0. The van der Waals surface area contributed by atoms with Gasteiger partial charge in [-0.1, -0.05) is 12.1 Å². The van der Waals surface area contributed by atoms with Crippen molar-refractivity contribution in [2.45, 2.75) is 18.9 Å². The molecule has 0 bridgehead atoms. The fourth-order valence-electron chi connectivity index (χ4n) is 5.79. The molecule has 2 aromatic carbocycles. The second kappa shape index (κ2) is 9.06. The molecule has 3 atom stereocenters. The minimum atomic E-state index is -0.811. The summed E-state index contributed by atoms with van der Waals surface area (Å²) in [5.41, 5.74) is 0.613. The minimum absolute atomic E-state index is 0.0318. The van der Waals surface area contributed by atoms with Crippen molar-refractivity contribution in [2.24, 2.45) is 11.8 Å². The number of rotatable bonds is 4. The van der Waals surface area contributed by atoms with Gasteiger partial charge in [-0.3, -0.25) is 19.4 Å². The van der Waals surface area contributed by atoms with E-state index in [1.54, 1.807) is 29.2 Å². The summed E-state index contributed by atoms with van der Waals surface area (Å²) < 4.78 is 35.8. The molecule has 2 aromatic rings. The van der Waals surface area contributed by atoms with Crippen LogP contribution in [0.4, 0.5) is 25.0 Å². The van der Waals surface area contributed by atoms with Gasteiger partial charge in [-0.2, -0.15) is 11.8 Å². The van der Waals surface area contributed by atoms with Crippen LogP contribution in [0.2, 0.25) is 0 Å². The van der Waals surface area contributed by atoms with Gasteiger partial charge in [0.15, 0.2) is 11.6 Å². The van der Waals surface area contributed by atoms with Crippen LogP contribution in [-0.4, -0.2) is 66.6 Å². The Balaban J connectivity index is 1.17. The highest BCUT2D eigenvalue weighted by Crippen LogP contribution is 2.39. The van der Waals surface area contributed by atoms with Crippen molar-refractivity contribution < 1.29 is 27.9 Å². The lowest BCUT2D eigenvalue weighted by atomic mass is 9.92. The number of benzene rings is 2. The SMILES string of the molecule is O=C1c2ccccc2C(=O)N1C[C@H]1CN(c2cc(F)c(N3CC4CCSCCC4C3)c(F)c2)C(=O)O1. The van der Waals surface area contributed by atoms with Crippen LogP contribution in [0.5, 0.6) is 0 Å². The summed E-state index contributed by atoms with van der Waals surface area (Å²) in [5.74, 6) is 0.708. The Kier molecular flexibility index (Phi) is 5.86. The first kappa shape index (κ1) is 23.3. The third-order valence-corrected chi connectivity index (χ3v) is 8.66. The highest BCUT2D eigenvalue weighted by molar-refractivity contribution is 7.99. The van der Waals surface area contributed by atoms with E-state index in [0.717, 1.165) is 46.3 Å². The van der Waals surface area contributed by atoms with Crippen LogP contribution in [0, 0.1) is 23.5 Å². The van der Waals surface area contributed by atoms with Crippen LogP contribution < -0.4 is 9.80 Å². The Hall–Kier alpha value is -3.14. The number of imide groups is 1. The van der Waals surface area contributed by atoms with Gasteiger partial charge in [-0.05, 0) is 48.3 Å². The van der Waals surface area contributed by atoms with Crippen LogP contribution in [0.1, 0.15) is 33.6 Å². The zero-order valence-corrected chi connectivity index (χ0v) is 20.3. The Morgan fingerprint density at radius 3 is 2.06 bits per heavy atom. The lowest BCUT2D eigenvalue weighted by Crippen LogP contribution is -2.38. The number of halogens is 2. The Labute approximate surface area is 211 Å². The van der Waals surface area contributed by atoms with Crippen LogP contribution in [0.25, 0.3) is 0 Å². The van der Waals surface area contributed by atoms with Crippen LogP contribution in [0.15, 0.2) is 36.4 Å². The molecule has 4 heterocycles. The summed E-state index contributed by atoms with van der Waals surface area (Å²) >= 11 is 1.94. The van der Waals surface area contributed by atoms with Gasteiger partial charge in [-0.15, -0.1) is 0 Å². The molecule has 0 aliphatic carbocycles. The molecular weight excluding hydrogens is 488 g/mol. The first-order valence-corrected chi connectivity index (χ1v) is 13.3. The van der Waals surface area contributed by atoms with Crippen molar-refractivity contribution in [1.82, 2.24) is 4.90 Å². The monoisotopic (exact) mass is 513 g/mol. The fourth-order valence-corrected chi connectivity index (χ4v) is 6.94. The maximum absolute atomic E-state index is 15.2. The molecule has 4 aliphatic heterocycles. The molecule has 3 fully saturated rings. The molecular formula is C26H25F2N3O4S. The number of hydrogen-bond acceptors (Lipinski definition) is 6. The number of fused-ring (bicyclic) bond motifs is 2. The van der Waals surface area contributed by atoms with Crippen molar-refractivity contribution >= 4 is 41.0 Å². The van der Waals surface area contributed by atoms with Gasteiger partial charge >= 0.3 is 6.09 Å². The van der Waals surface area contributed by atoms with E-state index in [1.165, 1.54) is 0 Å². The van der Waals surface area contributed by atoms with Gasteiger partial charge in [0.05, 0.1) is 29.9 Å². The minimum Gasteiger partial charge on any atom is -0.442 e. The van der Waals surface area contributed by atoms with Gasteiger partial charge in [0, 0.05) is 25.2 Å². The normalized spacial score (nSPS) is 25.8. The average Bonchev–Trinajstić information content (AvgIpc) is 3.44. The first-order valence-electron chi connectivity index (χ1n) is 12.2. The number of ether oxygens (including phenoxy) is 1. The smallest absolute Gasteiger partial charge is 0.414 e. The lowest BCUT2D eigenvalue weighted by molar-refractivity contribution is 0.0558. The van der Waals surface area contributed by atoms with Gasteiger partial charge in [-0.25, -0.2) is 13.6 Å². The quantitative estimate of drug-likeness (QED) is 0.572. The third kappa shape index (κ3) is 3.91. The molecule has 188 valence electrons. The molecule has 0 N–H and O–H groups in total. The Bertz CT molecular complexity index is 1190. The van der Waals surface area contributed by atoms with E-state index in [1.807, 2.05) is 11.8 Å². The fraction of sp³-hybridized carbons (Fsp3) is 0.423. The number of anilines is 2. The molecule has 3 saturated heterocycles. The largest absolute Gasteiger partial charge is 0.442 e. The number of amides is 3. The average molecular weight is 514 g/mol. The van der Waals surface area contributed by atoms with Gasteiger partial charge in [0.1, 0.15) is 11.8 Å². The first-order chi connectivity index (χ1) is 17.4. The standard InChI is InChI=1S/C26H25F2N3O4S/c27-21-9-17(10-22(28)23(21)29-11-15-5-7-36-8-6-16(15)12-29)30-13-18(35-26(30)34)14-31-24(32)19-3-1-2-4-20(19)25(31)33/h1-4,9-10,15-16,18H,5-8,11-14H2/t15?,16?,18-/m1/s1. The van der Waals surface area contributed by atoms with E-state index in [4.69, 9.17) is 4.74 Å². The van der Waals surface area contributed by atoms with Gasteiger partial charge in [0.25, 0.3) is 11.8 Å². The van der Waals surface area contributed by atoms with Crippen molar-refractivity contribution in [3.8, 4) is 0 Å². The van der Waals surface area contributed by atoms with Crippen molar-refractivity contribution in [3.05, 3.63) is 59.2 Å². The molecule has 0 spiro atoms. The second-order valence-electron chi connectivity index (χ2n) is 9.76. The number of hydrogen-bond donors (Lipinski definition) is 0. The molecule has 7 nitrogen and oxygen atoms in total. The molecule has 0 radical (unpaired) electrons. The van der Waals surface area contributed by atoms with E-state index in [2.05, 4.69) is 0 Å². The summed E-state index contributed by atoms with van der Waals surface area (Å²) in [6, 6.07) is 8.82. The molecule has 2 unspecified atom stereocenters. The third-order valence-electron chi connectivity index (χ3n) is 7.61. The predicted octanol–water partition coefficient (Wildman–Crippen LogP) is 4.17. The number of carbonyl (C=O) groups excluding carboxylic acids is 3. The van der Waals surface area contributed by atoms with E-state index >= 15 is 8.78 Å². The zero-order valence-electron chi connectivity index (χ0n) is 19.5. The Morgan fingerprint density at radius 1 is 0.889 bits per heavy atom. The van der Waals surface area contributed by atoms with Crippen molar-refractivity contribution in [2.75, 3.05) is 47.5 Å². The van der Waals surface area contributed by atoms with Crippen molar-refractivity contribution in [1.29, 1.82) is 0 Å². The molecule has 4 aliphatic rings. The zero-order chi connectivity index (χ0) is 25.0. The van der Waals surface area contributed by atoms with E-state index < -0.39 is 35.6 Å². The topological polar surface area (TPSA) is 70.2 Å². The van der Waals surface area contributed by atoms with Crippen molar-refractivity contribution in [3.63, 3.8) is 0 Å². The molecule has 36 heavy (non-hydrogen) atoms. The summed E-state index contributed by atoms with van der Waals surface area (Å²) in [6.45, 7) is 1.10. The summed E-state index contributed by atoms with van der Waals surface area (Å²) in [4.78, 5) is 41.8. The number of carbonyl (C=O) groups is 3. The summed E-state index contributed by atoms with van der Waals surface area (Å²) in [6.07, 6.45) is 0.529. The Morgan fingerprint density at radius 2 is 1.47 bits per heavy atom. The van der Waals surface area contributed by atoms with E-state index in [9.17, 15) is 14.4 Å². The highest BCUT2D eigenvalue weighted by atomic mass is 32.2. The van der Waals surface area contributed by atoms with Crippen LogP contribution >= 0.6 is 11.8 Å². The maximum atomic E-state index is 15.2. The van der Waals surface area contributed by atoms with E-state index in [-0.39, 0.29) is 24.5 Å². The molecule has 3 amide bonds. The molecule has 10 heteroatoms. The maximum Gasteiger partial charge on any atom is 0.414 e. The molecule has 6 rings (SSSR count). The predicted molar refractivity (Wildman–Crippen MR) is 132 cm³/mol. The number of nitrogens with zero attached hydrogens (tertiary/aromatic N) is 3. The number of thioether (sulfide) groups is 1. The lowest BCUT2D eigenvalue weighted by Gasteiger charge is -2.22. The van der Waals surface area contributed by atoms with Gasteiger partial charge < -0.3 is 9.64 Å². The van der Waals surface area contributed by atoms with Gasteiger partial charge in [0.2, 0.25) is 0 Å². The van der Waals surface area contributed by atoms with Crippen LogP contribution in [-0.2, 0) is 4.74 Å². The van der Waals surface area contributed by atoms with E-state index in [0.29, 0.717) is 36.1 Å².